The summed E-state index contributed by atoms with van der Waals surface area (Å²) in [5.41, 5.74) is -0.693. The van der Waals surface area contributed by atoms with Crippen molar-refractivity contribution < 1.29 is 14.0 Å². The SMILES string of the molecule is Cc1cc(CCC(C)C)oc(=O)c1C(=O)N1CCNC(=O)C12CCCC2. The predicted octanol–water partition coefficient (Wildman–Crippen LogP) is 2.42. The number of carbonyl (C=O) groups excluding carboxylic acids is 2. The number of hydrogen-bond donors (Lipinski definition) is 1. The highest BCUT2D eigenvalue weighted by Crippen LogP contribution is 2.37. The van der Waals surface area contributed by atoms with Crippen LogP contribution in [0.5, 0.6) is 0 Å². The normalized spacial score (nSPS) is 19.2. The van der Waals surface area contributed by atoms with Crippen LogP contribution in [0.4, 0.5) is 0 Å². The van der Waals surface area contributed by atoms with Crippen molar-refractivity contribution in [3.05, 3.63) is 33.4 Å². The molecule has 1 spiro atoms. The fraction of sp³-hybridized carbons (Fsp3) is 0.650. The Labute approximate surface area is 153 Å². The molecule has 1 N–H and O–H groups in total. The molecule has 1 aliphatic heterocycles. The highest BCUT2D eigenvalue weighted by atomic mass is 16.4. The molecule has 1 saturated heterocycles. The molecule has 26 heavy (non-hydrogen) atoms. The van der Waals surface area contributed by atoms with Crippen LogP contribution in [0.3, 0.4) is 0 Å². The summed E-state index contributed by atoms with van der Waals surface area (Å²) in [7, 11) is 0. The molecule has 2 heterocycles. The highest BCUT2D eigenvalue weighted by molar-refractivity contribution is 6.00. The summed E-state index contributed by atoms with van der Waals surface area (Å²) in [6, 6.07) is 1.79. The first kappa shape index (κ1) is 18.7. The van der Waals surface area contributed by atoms with Gasteiger partial charge >= 0.3 is 5.63 Å². The minimum Gasteiger partial charge on any atom is -0.427 e. The van der Waals surface area contributed by atoms with Crippen molar-refractivity contribution in [3.8, 4) is 0 Å². The summed E-state index contributed by atoms with van der Waals surface area (Å²) in [5.74, 6) is 0.661. The number of amides is 2. The van der Waals surface area contributed by atoms with Crippen molar-refractivity contribution in [3.63, 3.8) is 0 Å². The Morgan fingerprint density at radius 1 is 1.31 bits per heavy atom. The van der Waals surface area contributed by atoms with E-state index in [1.807, 2.05) is 0 Å². The standard InChI is InChI=1S/C20H28N2O4/c1-13(2)6-7-15-12-14(3)16(18(24)26-15)17(23)22-11-10-21-19(25)20(22)8-4-5-9-20/h12-13H,4-11H2,1-3H3,(H,21,25). The number of hydrogen-bond acceptors (Lipinski definition) is 4. The molecule has 6 heteroatoms. The third-order valence-corrected chi connectivity index (χ3v) is 5.62. The molecule has 2 amide bonds. The van der Waals surface area contributed by atoms with Crippen molar-refractivity contribution in [1.82, 2.24) is 10.2 Å². The molecular formula is C20H28N2O4. The summed E-state index contributed by atoms with van der Waals surface area (Å²) >= 11 is 0. The van der Waals surface area contributed by atoms with Gasteiger partial charge < -0.3 is 14.6 Å². The molecule has 0 atom stereocenters. The Morgan fingerprint density at radius 2 is 2.00 bits per heavy atom. The minimum absolute atomic E-state index is 0.0688. The smallest absolute Gasteiger partial charge is 0.349 e. The van der Waals surface area contributed by atoms with Gasteiger partial charge in [0, 0.05) is 19.5 Å². The van der Waals surface area contributed by atoms with Gasteiger partial charge in [-0.1, -0.05) is 26.7 Å². The minimum atomic E-state index is -0.801. The molecule has 0 radical (unpaired) electrons. The fourth-order valence-corrected chi connectivity index (χ4v) is 4.15. The molecule has 142 valence electrons. The molecule has 1 saturated carbocycles. The topological polar surface area (TPSA) is 79.6 Å². The Bertz CT molecular complexity index is 760. The Balaban J connectivity index is 1.92. The second kappa shape index (κ2) is 7.25. The first-order valence-corrected chi connectivity index (χ1v) is 9.59. The first-order valence-electron chi connectivity index (χ1n) is 9.59. The van der Waals surface area contributed by atoms with Crippen LogP contribution in [0, 0.1) is 12.8 Å². The first-order chi connectivity index (χ1) is 12.3. The van der Waals surface area contributed by atoms with Crippen molar-refractivity contribution >= 4 is 11.8 Å². The largest absolute Gasteiger partial charge is 0.427 e. The molecular weight excluding hydrogens is 332 g/mol. The van der Waals surface area contributed by atoms with Crippen LogP contribution in [0.2, 0.25) is 0 Å². The number of carbonyl (C=O) groups is 2. The molecule has 3 rings (SSSR count). The molecule has 1 aliphatic carbocycles. The van der Waals surface area contributed by atoms with Gasteiger partial charge in [-0.3, -0.25) is 9.59 Å². The summed E-state index contributed by atoms with van der Waals surface area (Å²) in [6.07, 6.45) is 4.74. The van der Waals surface area contributed by atoms with E-state index in [0.29, 0.717) is 49.6 Å². The molecule has 0 bridgehead atoms. The van der Waals surface area contributed by atoms with E-state index in [1.165, 1.54) is 0 Å². The van der Waals surface area contributed by atoms with E-state index in [1.54, 1.807) is 17.9 Å². The average molecular weight is 360 g/mol. The van der Waals surface area contributed by atoms with Crippen LogP contribution in [0.1, 0.15) is 67.6 Å². The van der Waals surface area contributed by atoms with Crippen LogP contribution in [0.25, 0.3) is 0 Å². The predicted molar refractivity (Wildman–Crippen MR) is 98.1 cm³/mol. The fourth-order valence-electron chi connectivity index (χ4n) is 4.15. The number of aryl methyl sites for hydroxylation is 2. The summed E-state index contributed by atoms with van der Waals surface area (Å²) < 4.78 is 5.43. The quantitative estimate of drug-likeness (QED) is 0.894. The number of piperazine rings is 1. The van der Waals surface area contributed by atoms with Crippen LogP contribution in [-0.4, -0.2) is 35.3 Å². The van der Waals surface area contributed by atoms with Crippen molar-refractivity contribution in [2.75, 3.05) is 13.1 Å². The van der Waals surface area contributed by atoms with Crippen molar-refractivity contribution in [2.45, 2.75) is 64.8 Å². The second-order valence-corrected chi connectivity index (χ2v) is 7.94. The number of nitrogens with one attached hydrogen (secondary N) is 1. The van der Waals surface area contributed by atoms with E-state index in [4.69, 9.17) is 4.42 Å². The van der Waals surface area contributed by atoms with Gasteiger partial charge in [-0.2, -0.15) is 0 Å². The maximum Gasteiger partial charge on any atom is 0.349 e. The lowest BCUT2D eigenvalue weighted by Crippen LogP contribution is -2.65. The van der Waals surface area contributed by atoms with Crippen LogP contribution < -0.4 is 10.9 Å². The maximum atomic E-state index is 13.2. The van der Waals surface area contributed by atoms with E-state index >= 15 is 0 Å². The molecule has 2 fully saturated rings. The highest BCUT2D eigenvalue weighted by Gasteiger charge is 2.50. The second-order valence-electron chi connectivity index (χ2n) is 7.94. The lowest BCUT2D eigenvalue weighted by molar-refractivity contribution is -0.134. The van der Waals surface area contributed by atoms with E-state index in [2.05, 4.69) is 19.2 Å². The van der Waals surface area contributed by atoms with E-state index < -0.39 is 11.2 Å². The van der Waals surface area contributed by atoms with Gasteiger partial charge in [0.15, 0.2) is 0 Å². The summed E-state index contributed by atoms with van der Waals surface area (Å²) in [4.78, 5) is 39.9. The molecule has 1 aromatic rings. The maximum absolute atomic E-state index is 13.2. The van der Waals surface area contributed by atoms with Crippen molar-refractivity contribution in [1.29, 1.82) is 0 Å². The third-order valence-electron chi connectivity index (χ3n) is 5.62. The van der Waals surface area contributed by atoms with Gasteiger partial charge in [-0.15, -0.1) is 0 Å². The molecule has 1 aromatic heterocycles. The van der Waals surface area contributed by atoms with Gasteiger partial charge in [-0.25, -0.2) is 4.79 Å². The number of rotatable bonds is 4. The molecule has 0 unspecified atom stereocenters. The average Bonchev–Trinajstić information content (AvgIpc) is 3.05. The summed E-state index contributed by atoms with van der Waals surface area (Å²) in [5, 5.41) is 2.88. The number of nitrogens with zero attached hydrogens (tertiary/aromatic N) is 1. The Kier molecular flexibility index (Phi) is 5.21. The zero-order valence-electron chi connectivity index (χ0n) is 15.9. The zero-order valence-corrected chi connectivity index (χ0v) is 15.9. The van der Waals surface area contributed by atoms with Crippen LogP contribution in [0.15, 0.2) is 15.3 Å². The molecule has 0 aromatic carbocycles. The van der Waals surface area contributed by atoms with E-state index in [9.17, 15) is 14.4 Å². The van der Waals surface area contributed by atoms with Crippen molar-refractivity contribution in [2.24, 2.45) is 5.92 Å². The van der Waals surface area contributed by atoms with Crippen LogP contribution in [-0.2, 0) is 11.2 Å². The monoisotopic (exact) mass is 360 g/mol. The molecule has 6 nitrogen and oxygen atoms in total. The van der Waals surface area contributed by atoms with Gasteiger partial charge in [0.2, 0.25) is 5.91 Å². The van der Waals surface area contributed by atoms with Gasteiger partial charge in [0.25, 0.3) is 5.91 Å². The van der Waals surface area contributed by atoms with Crippen LogP contribution >= 0.6 is 0 Å². The van der Waals surface area contributed by atoms with Gasteiger partial charge in [0.1, 0.15) is 16.9 Å². The van der Waals surface area contributed by atoms with E-state index in [0.717, 1.165) is 19.3 Å². The zero-order chi connectivity index (χ0) is 18.9. The lowest BCUT2D eigenvalue weighted by atomic mass is 9.90. The Hall–Kier alpha value is -2.11. The van der Waals surface area contributed by atoms with Gasteiger partial charge in [-0.05, 0) is 43.7 Å². The van der Waals surface area contributed by atoms with E-state index in [-0.39, 0.29) is 17.4 Å². The lowest BCUT2D eigenvalue weighted by Gasteiger charge is -2.43. The Morgan fingerprint density at radius 3 is 2.62 bits per heavy atom. The summed E-state index contributed by atoms with van der Waals surface area (Å²) in [6.45, 7) is 6.85. The molecule has 2 aliphatic rings. The third kappa shape index (κ3) is 3.29. The van der Waals surface area contributed by atoms with Gasteiger partial charge in [0.05, 0.1) is 0 Å².